The third-order valence-electron chi connectivity index (χ3n) is 2.06. The molecule has 0 aromatic heterocycles. The Labute approximate surface area is 85.2 Å². The van der Waals surface area contributed by atoms with Gasteiger partial charge in [0.2, 0.25) is 0 Å². The van der Waals surface area contributed by atoms with Gasteiger partial charge in [-0.3, -0.25) is 0 Å². The van der Waals surface area contributed by atoms with E-state index in [1.54, 1.807) is 4.30 Å². The van der Waals surface area contributed by atoms with Gasteiger partial charge in [-0.25, -0.2) is 0 Å². The molecule has 0 saturated heterocycles. The molecule has 0 atom stereocenters. The summed E-state index contributed by atoms with van der Waals surface area (Å²) in [6, 6.07) is 10.7. The van der Waals surface area contributed by atoms with Crippen molar-refractivity contribution in [2.24, 2.45) is 0 Å². The van der Waals surface area contributed by atoms with Crippen LogP contribution in [0.1, 0.15) is 12.5 Å². The summed E-state index contributed by atoms with van der Waals surface area (Å²) >= 11 is 0.240. The summed E-state index contributed by atoms with van der Waals surface area (Å²) in [7, 11) is 0. The monoisotopic (exact) mass is 230 g/mol. The first-order chi connectivity index (χ1) is 6.38. The number of hydrogen-bond acceptors (Lipinski definition) is 0. The van der Waals surface area contributed by atoms with Gasteiger partial charge in [0.15, 0.2) is 0 Å². The molecule has 0 amide bonds. The van der Waals surface area contributed by atoms with Gasteiger partial charge in [0.25, 0.3) is 0 Å². The molecule has 1 aromatic rings. The Hall–Kier alpha value is -0.872. The minimum atomic E-state index is 0.240. The molecule has 0 nitrogen and oxygen atoms in total. The van der Waals surface area contributed by atoms with E-state index in [0.717, 1.165) is 0 Å². The van der Waals surface area contributed by atoms with Crippen LogP contribution in [0.2, 0.25) is 0 Å². The number of rotatable bonds is 1. The Kier molecular flexibility index (Phi) is 2.61. The molecule has 0 bridgehead atoms. The van der Waals surface area contributed by atoms with Gasteiger partial charge in [0.1, 0.15) is 0 Å². The average Bonchev–Trinajstić information content (AvgIpc) is 2.20. The molecule has 1 heterocycles. The van der Waals surface area contributed by atoms with Crippen LogP contribution in [0.15, 0.2) is 52.9 Å². The molecule has 0 radical (unpaired) electrons. The molecule has 1 aromatic carbocycles. The van der Waals surface area contributed by atoms with Gasteiger partial charge in [-0.05, 0) is 0 Å². The van der Waals surface area contributed by atoms with Crippen molar-refractivity contribution in [1.29, 1.82) is 0 Å². The van der Waals surface area contributed by atoms with E-state index in [4.69, 9.17) is 0 Å². The molecule has 0 fully saturated rings. The second-order valence-corrected chi connectivity index (χ2v) is 5.14. The van der Waals surface area contributed by atoms with Crippen molar-refractivity contribution < 1.29 is 0 Å². The second-order valence-electron chi connectivity index (χ2n) is 3.03. The summed E-state index contributed by atoms with van der Waals surface area (Å²) < 4.78 is 1.54. The number of benzene rings is 1. The Morgan fingerprint density at radius 3 is 2.54 bits per heavy atom. The van der Waals surface area contributed by atoms with Gasteiger partial charge in [0.05, 0.1) is 0 Å². The van der Waals surface area contributed by atoms with Crippen molar-refractivity contribution in [3.63, 3.8) is 0 Å². The van der Waals surface area contributed by atoms with Crippen LogP contribution >= 0.6 is 0 Å². The van der Waals surface area contributed by atoms with Crippen LogP contribution in [0.4, 0.5) is 0 Å². The van der Waals surface area contributed by atoms with Crippen molar-refractivity contribution in [3.05, 3.63) is 58.5 Å². The first-order valence-corrected chi connectivity index (χ1v) is 6.37. The summed E-state index contributed by atoms with van der Waals surface area (Å²) in [5, 5.41) is 0. The molecule has 0 spiro atoms. The zero-order valence-corrected chi connectivity index (χ0v) is 9.44. The zero-order chi connectivity index (χ0) is 9.10. The van der Waals surface area contributed by atoms with Crippen LogP contribution in [0, 0.1) is 0 Å². The topological polar surface area (TPSA) is 0 Å². The summed E-state index contributed by atoms with van der Waals surface area (Å²) in [6.07, 6.45) is 4.36. The SMILES string of the molecule is CC1=CC=C[As]=C1c1ccccc1. The molecular formula is C12H11As. The van der Waals surface area contributed by atoms with Crippen LogP contribution in [0.25, 0.3) is 0 Å². The van der Waals surface area contributed by atoms with Crippen molar-refractivity contribution in [1.82, 2.24) is 0 Å². The van der Waals surface area contributed by atoms with Gasteiger partial charge in [0, 0.05) is 0 Å². The van der Waals surface area contributed by atoms with Crippen molar-refractivity contribution >= 4 is 19.6 Å². The van der Waals surface area contributed by atoms with Crippen molar-refractivity contribution in [3.8, 4) is 0 Å². The van der Waals surface area contributed by atoms with Crippen molar-refractivity contribution in [2.75, 3.05) is 0 Å². The van der Waals surface area contributed by atoms with Crippen LogP contribution in [0.3, 0.4) is 0 Å². The molecular weight excluding hydrogens is 219 g/mol. The van der Waals surface area contributed by atoms with Gasteiger partial charge in [-0.1, -0.05) is 0 Å². The van der Waals surface area contributed by atoms with Crippen LogP contribution < -0.4 is 0 Å². The molecule has 1 aliphatic rings. The third kappa shape index (κ3) is 1.89. The van der Waals surface area contributed by atoms with Gasteiger partial charge >= 0.3 is 85.0 Å². The summed E-state index contributed by atoms with van der Waals surface area (Å²) in [5.41, 5.74) is 2.81. The van der Waals surface area contributed by atoms with Crippen molar-refractivity contribution in [2.45, 2.75) is 6.92 Å². The molecule has 0 N–H and O–H groups in total. The molecule has 13 heavy (non-hydrogen) atoms. The van der Waals surface area contributed by atoms with E-state index in [2.05, 4.69) is 54.3 Å². The predicted octanol–water partition coefficient (Wildman–Crippen LogP) is 2.38. The molecule has 0 aliphatic carbocycles. The van der Waals surface area contributed by atoms with Crippen LogP contribution in [-0.4, -0.2) is 19.6 Å². The Balaban J connectivity index is 2.44. The molecule has 1 heteroatoms. The first kappa shape index (κ1) is 8.71. The van der Waals surface area contributed by atoms with E-state index < -0.39 is 0 Å². The van der Waals surface area contributed by atoms with Gasteiger partial charge in [-0.2, -0.15) is 0 Å². The summed E-state index contributed by atoms with van der Waals surface area (Å²) in [4.78, 5) is 2.30. The molecule has 2 rings (SSSR count). The standard InChI is InChI=1S/C12H11As/c1-10-6-5-9-13-12(10)11-7-3-2-4-8-11/h2-9H,1H3. The van der Waals surface area contributed by atoms with E-state index in [-0.39, 0.29) is 15.3 Å². The molecule has 0 saturated carbocycles. The number of allylic oxidation sites excluding steroid dienone is 3. The fraction of sp³-hybridized carbons (Fsp3) is 0.0833. The third-order valence-corrected chi connectivity index (χ3v) is 4.55. The summed E-state index contributed by atoms with van der Waals surface area (Å²) in [5.74, 6) is 0. The van der Waals surface area contributed by atoms with E-state index in [9.17, 15) is 0 Å². The zero-order valence-electron chi connectivity index (χ0n) is 7.57. The molecule has 1 aliphatic heterocycles. The fourth-order valence-corrected chi connectivity index (χ4v) is 3.27. The van der Waals surface area contributed by atoms with Crippen LogP contribution in [0.5, 0.6) is 0 Å². The van der Waals surface area contributed by atoms with Gasteiger partial charge < -0.3 is 0 Å². The first-order valence-electron chi connectivity index (χ1n) is 4.35. The fourth-order valence-electron chi connectivity index (χ4n) is 1.38. The number of hydrogen-bond donors (Lipinski definition) is 0. The molecule has 64 valence electrons. The minimum absolute atomic E-state index is 0.240. The second kappa shape index (κ2) is 3.89. The van der Waals surface area contributed by atoms with E-state index in [0.29, 0.717) is 0 Å². The van der Waals surface area contributed by atoms with Gasteiger partial charge in [-0.15, -0.1) is 0 Å². The van der Waals surface area contributed by atoms with E-state index >= 15 is 0 Å². The van der Waals surface area contributed by atoms with Crippen LogP contribution in [-0.2, 0) is 0 Å². The summed E-state index contributed by atoms with van der Waals surface area (Å²) in [6.45, 7) is 2.20. The van der Waals surface area contributed by atoms with E-state index in [1.165, 1.54) is 11.1 Å². The quantitative estimate of drug-likeness (QED) is 0.650. The maximum atomic E-state index is 2.30. The Morgan fingerprint density at radius 2 is 1.85 bits per heavy atom. The Bertz CT molecular complexity index is 383. The predicted molar refractivity (Wildman–Crippen MR) is 59.2 cm³/mol. The average molecular weight is 230 g/mol. The Morgan fingerprint density at radius 1 is 1.08 bits per heavy atom. The maximum absolute atomic E-state index is 2.30. The van der Waals surface area contributed by atoms with E-state index in [1.807, 2.05) is 0 Å². The normalized spacial score (nSPS) is 16.4. The molecule has 0 unspecified atom stereocenters.